The number of carbonyl (C=O) groups excluding carboxylic acids is 4. The number of alkyl halides is 2. The van der Waals surface area contributed by atoms with Crippen LogP contribution in [0.5, 0.6) is 0 Å². The number of halogens is 2. The lowest BCUT2D eigenvalue weighted by Crippen LogP contribution is -2.54. The van der Waals surface area contributed by atoms with Gasteiger partial charge in [0.25, 0.3) is 17.7 Å². The van der Waals surface area contributed by atoms with Crippen molar-refractivity contribution >= 4 is 29.3 Å². The molecular formula is C19H20F2N4O4. The van der Waals surface area contributed by atoms with E-state index in [1.165, 1.54) is 18.2 Å². The predicted molar refractivity (Wildman–Crippen MR) is 97.6 cm³/mol. The summed E-state index contributed by atoms with van der Waals surface area (Å²) >= 11 is 0. The number of benzene rings is 1. The molecule has 10 heteroatoms. The largest absolute Gasteiger partial charge is 0.376 e. The average Bonchev–Trinajstić information content (AvgIpc) is 2.79. The molecule has 0 aromatic heterocycles. The van der Waals surface area contributed by atoms with Crippen LogP contribution in [0.15, 0.2) is 18.2 Å². The number of hydrogen-bond acceptors (Lipinski definition) is 6. The first-order valence-electron chi connectivity index (χ1n) is 9.48. The van der Waals surface area contributed by atoms with Gasteiger partial charge in [-0.3, -0.25) is 29.4 Å². The third-order valence-electron chi connectivity index (χ3n) is 5.54. The number of imide groups is 2. The molecule has 0 saturated carbocycles. The maximum Gasteiger partial charge on any atom is 0.269 e. The van der Waals surface area contributed by atoms with E-state index in [1.54, 1.807) is 0 Å². The molecular weight excluding hydrogens is 386 g/mol. The van der Waals surface area contributed by atoms with Crippen molar-refractivity contribution in [2.75, 3.05) is 18.4 Å². The molecule has 3 aliphatic rings. The van der Waals surface area contributed by atoms with E-state index in [-0.39, 0.29) is 43.4 Å². The van der Waals surface area contributed by atoms with Gasteiger partial charge in [0.1, 0.15) is 6.04 Å². The maximum atomic E-state index is 14.3. The highest BCUT2D eigenvalue weighted by Crippen LogP contribution is 2.32. The fourth-order valence-electron chi connectivity index (χ4n) is 3.95. The zero-order valence-corrected chi connectivity index (χ0v) is 15.5. The number of hydrogen-bond donors (Lipinski definition) is 3. The summed E-state index contributed by atoms with van der Waals surface area (Å²) in [5, 5.41) is 7.85. The quantitative estimate of drug-likeness (QED) is 0.644. The van der Waals surface area contributed by atoms with Gasteiger partial charge in [-0.15, -0.1) is 0 Å². The van der Waals surface area contributed by atoms with Gasteiger partial charge >= 0.3 is 0 Å². The molecule has 0 bridgehead atoms. The molecule has 29 heavy (non-hydrogen) atoms. The molecule has 154 valence electrons. The van der Waals surface area contributed by atoms with Gasteiger partial charge in [-0.25, -0.2) is 8.78 Å². The first-order chi connectivity index (χ1) is 13.8. The van der Waals surface area contributed by atoms with Crippen molar-refractivity contribution in [3.05, 3.63) is 29.3 Å². The summed E-state index contributed by atoms with van der Waals surface area (Å²) in [5.74, 6) is -5.36. The van der Waals surface area contributed by atoms with Crippen molar-refractivity contribution in [1.29, 1.82) is 0 Å². The molecule has 3 aliphatic heterocycles. The molecule has 2 unspecified atom stereocenters. The number of fused-ring (bicyclic) bond motifs is 1. The molecule has 2 fully saturated rings. The van der Waals surface area contributed by atoms with Gasteiger partial charge < -0.3 is 10.6 Å². The van der Waals surface area contributed by atoms with Crippen LogP contribution in [0.4, 0.5) is 14.5 Å². The summed E-state index contributed by atoms with van der Waals surface area (Å²) in [5.41, 5.74) is 0.473. The van der Waals surface area contributed by atoms with E-state index >= 15 is 0 Å². The Morgan fingerprint density at radius 1 is 1.03 bits per heavy atom. The molecule has 2 atom stereocenters. The van der Waals surface area contributed by atoms with E-state index in [1.807, 2.05) is 0 Å². The summed E-state index contributed by atoms with van der Waals surface area (Å²) in [6, 6.07) is 2.09. The van der Waals surface area contributed by atoms with Gasteiger partial charge in [0.2, 0.25) is 11.8 Å². The van der Waals surface area contributed by atoms with Crippen molar-refractivity contribution in [3.8, 4) is 0 Å². The zero-order chi connectivity index (χ0) is 20.8. The Hall–Kier alpha value is -2.88. The second-order valence-corrected chi connectivity index (χ2v) is 7.45. The number of carbonyl (C=O) groups is 4. The molecule has 0 spiro atoms. The average molecular weight is 406 g/mol. The fourth-order valence-corrected chi connectivity index (χ4v) is 3.95. The van der Waals surface area contributed by atoms with Crippen LogP contribution in [0.25, 0.3) is 0 Å². The van der Waals surface area contributed by atoms with Crippen molar-refractivity contribution in [2.45, 2.75) is 43.7 Å². The van der Waals surface area contributed by atoms with Gasteiger partial charge in [-0.2, -0.15) is 0 Å². The van der Waals surface area contributed by atoms with Gasteiger partial charge in [0.05, 0.1) is 17.2 Å². The number of anilines is 1. The Labute approximate surface area is 165 Å². The van der Waals surface area contributed by atoms with Crippen LogP contribution >= 0.6 is 0 Å². The summed E-state index contributed by atoms with van der Waals surface area (Å²) in [6.45, 7) is 0.669. The highest BCUT2D eigenvalue weighted by molar-refractivity contribution is 6.23. The summed E-state index contributed by atoms with van der Waals surface area (Å²) < 4.78 is 28.6. The number of rotatable bonds is 3. The second-order valence-electron chi connectivity index (χ2n) is 7.45. The van der Waals surface area contributed by atoms with Crippen molar-refractivity contribution < 1.29 is 28.0 Å². The van der Waals surface area contributed by atoms with Gasteiger partial charge in [0, 0.05) is 25.1 Å². The molecule has 1 aromatic rings. The molecule has 8 nitrogen and oxygen atoms in total. The van der Waals surface area contributed by atoms with Crippen LogP contribution in [0, 0.1) is 0 Å². The number of nitrogens with one attached hydrogen (secondary N) is 3. The normalized spacial score (nSPS) is 26.8. The Kier molecular flexibility index (Phi) is 4.81. The van der Waals surface area contributed by atoms with E-state index in [4.69, 9.17) is 0 Å². The SMILES string of the molecule is O=C1CCC(N2C(=O)c3ccc(NC4CCNCCC4(F)F)cc3C2=O)C(=O)N1. The summed E-state index contributed by atoms with van der Waals surface area (Å²) in [6.07, 6.45) is -0.000368. The van der Waals surface area contributed by atoms with Crippen LogP contribution in [-0.2, 0) is 9.59 Å². The third kappa shape index (κ3) is 3.48. The maximum absolute atomic E-state index is 14.3. The Morgan fingerprint density at radius 2 is 1.79 bits per heavy atom. The van der Waals surface area contributed by atoms with Gasteiger partial charge in [-0.05, 0) is 37.6 Å². The van der Waals surface area contributed by atoms with Crippen molar-refractivity contribution in [1.82, 2.24) is 15.5 Å². The molecule has 0 radical (unpaired) electrons. The van der Waals surface area contributed by atoms with Crippen LogP contribution in [0.1, 0.15) is 46.4 Å². The van der Waals surface area contributed by atoms with Crippen LogP contribution < -0.4 is 16.0 Å². The minimum Gasteiger partial charge on any atom is -0.376 e. The zero-order valence-electron chi connectivity index (χ0n) is 15.5. The Morgan fingerprint density at radius 3 is 2.55 bits per heavy atom. The standard InChI is InChI=1S/C19H20F2N4O4/c20-19(21)6-8-22-7-5-14(19)23-10-1-2-11-12(9-10)18(29)25(17(11)28)13-3-4-15(26)24-16(13)27/h1-2,9,13-14,22-23H,3-8H2,(H,24,26,27). The number of piperidine rings is 1. The lowest BCUT2D eigenvalue weighted by molar-refractivity contribution is -0.136. The molecule has 3 N–H and O–H groups in total. The molecule has 4 amide bonds. The lowest BCUT2D eigenvalue weighted by Gasteiger charge is -2.27. The van der Waals surface area contributed by atoms with Crippen molar-refractivity contribution in [2.24, 2.45) is 0 Å². The minimum absolute atomic E-state index is 0.0292. The van der Waals surface area contributed by atoms with Crippen LogP contribution in [0.3, 0.4) is 0 Å². The van der Waals surface area contributed by atoms with Crippen molar-refractivity contribution in [3.63, 3.8) is 0 Å². The molecule has 4 rings (SSSR count). The lowest BCUT2D eigenvalue weighted by atomic mass is 10.0. The summed E-state index contributed by atoms with van der Waals surface area (Å²) in [4.78, 5) is 49.8. The van der Waals surface area contributed by atoms with E-state index in [9.17, 15) is 28.0 Å². The van der Waals surface area contributed by atoms with Crippen LogP contribution in [0.2, 0.25) is 0 Å². The Balaban J connectivity index is 1.57. The van der Waals surface area contributed by atoms with E-state index in [2.05, 4.69) is 16.0 Å². The fraction of sp³-hybridized carbons (Fsp3) is 0.474. The number of amides is 4. The second kappa shape index (κ2) is 7.18. The Bertz CT molecular complexity index is 904. The van der Waals surface area contributed by atoms with Gasteiger partial charge in [-0.1, -0.05) is 0 Å². The monoisotopic (exact) mass is 406 g/mol. The first-order valence-corrected chi connectivity index (χ1v) is 9.48. The highest BCUT2D eigenvalue weighted by atomic mass is 19.3. The molecule has 3 heterocycles. The minimum atomic E-state index is -2.92. The molecule has 2 saturated heterocycles. The van der Waals surface area contributed by atoms with E-state index in [0.29, 0.717) is 12.2 Å². The third-order valence-corrected chi connectivity index (χ3v) is 5.54. The van der Waals surface area contributed by atoms with E-state index in [0.717, 1.165) is 4.90 Å². The molecule has 1 aromatic carbocycles. The molecule has 0 aliphatic carbocycles. The summed E-state index contributed by atoms with van der Waals surface area (Å²) in [7, 11) is 0. The predicted octanol–water partition coefficient (Wildman–Crippen LogP) is 0.887. The first kappa shape index (κ1) is 19.4. The number of nitrogens with zero attached hydrogens (tertiary/aromatic N) is 1. The van der Waals surface area contributed by atoms with Crippen LogP contribution in [-0.4, -0.2) is 59.6 Å². The topological polar surface area (TPSA) is 108 Å². The smallest absolute Gasteiger partial charge is 0.269 e. The van der Waals surface area contributed by atoms with Gasteiger partial charge in [0.15, 0.2) is 0 Å². The van der Waals surface area contributed by atoms with E-state index < -0.39 is 41.6 Å². The highest BCUT2D eigenvalue weighted by Gasteiger charge is 2.45.